The van der Waals surface area contributed by atoms with Crippen LogP contribution in [0.1, 0.15) is 18.5 Å². The molecule has 0 aliphatic heterocycles. The lowest BCUT2D eigenvalue weighted by Gasteiger charge is -2.15. The summed E-state index contributed by atoms with van der Waals surface area (Å²) >= 11 is 5.63. The summed E-state index contributed by atoms with van der Waals surface area (Å²) in [7, 11) is -2.24. The van der Waals surface area contributed by atoms with E-state index < -0.39 is 21.9 Å². The van der Waals surface area contributed by atoms with Gasteiger partial charge in [0, 0.05) is 6.04 Å². The zero-order valence-electron chi connectivity index (χ0n) is 12.0. The topological polar surface area (TPSA) is 55.4 Å². The van der Waals surface area contributed by atoms with E-state index in [0.717, 1.165) is 17.7 Å². The number of methoxy groups -OCH3 is 1. The fourth-order valence-electron chi connectivity index (χ4n) is 1.91. The Balaban J connectivity index is 2.21. The smallest absolute Gasteiger partial charge is 0.241 e. The first kappa shape index (κ1) is 16.7. The van der Waals surface area contributed by atoms with Gasteiger partial charge in [0.2, 0.25) is 10.0 Å². The maximum atomic E-state index is 13.1. The lowest BCUT2D eigenvalue weighted by molar-refractivity contribution is 0.414. The number of rotatable bonds is 5. The molecule has 0 saturated heterocycles. The summed E-state index contributed by atoms with van der Waals surface area (Å²) in [5, 5.41) is -0.236. The van der Waals surface area contributed by atoms with Crippen LogP contribution in [0.2, 0.25) is 5.02 Å². The molecule has 0 fully saturated rings. The summed E-state index contributed by atoms with van der Waals surface area (Å²) in [6, 6.07) is 9.84. The molecule has 7 heteroatoms. The second-order valence-corrected chi connectivity index (χ2v) is 6.81. The van der Waals surface area contributed by atoms with Crippen molar-refractivity contribution in [3.05, 3.63) is 58.9 Å². The summed E-state index contributed by atoms with van der Waals surface area (Å²) in [6.07, 6.45) is 0. The van der Waals surface area contributed by atoms with Crippen LogP contribution in [0, 0.1) is 5.82 Å². The first-order chi connectivity index (χ1) is 10.3. The molecular weight excluding hydrogens is 329 g/mol. The molecule has 2 aromatic carbocycles. The van der Waals surface area contributed by atoms with Crippen LogP contribution >= 0.6 is 11.6 Å². The van der Waals surface area contributed by atoms with E-state index in [2.05, 4.69) is 4.72 Å². The van der Waals surface area contributed by atoms with E-state index >= 15 is 0 Å². The van der Waals surface area contributed by atoms with Crippen molar-refractivity contribution in [2.24, 2.45) is 0 Å². The normalized spacial score (nSPS) is 12.9. The molecule has 0 unspecified atom stereocenters. The summed E-state index contributed by atoms with van der Waals surface area (Å²) in [4.78, 5) is -0.0840. The summed E-state index contributed by atoms with van der Waals surface area (Å²) in [5.41, 5.74) is 0.776. The summed E-state index contributed by atoms with van der Waals surface area (Å²) in [6.45, 7) is 1.71. The van der Waals surface area contributed by atoms with Crippen LogP contribution in [0.5, 0.6) is 5.75 Å². The third-order valence-corrected chi connectivity index (χ3v) is 4.98. The Hall–Kier alpha value is -1.63. The molecule has 0 heterocycles. The number of halogens is 2. The van der Waals surface area contributed by atoms with Crippen LogP contribution in [-0.4, -0.2) is 15.5 Å². The summed E-state index contributed by atoms with van der Waals surface area (Å²) < 4.78 is 45.3. The number of sulfonamides is 1. The predicted molar refractivity (Wildman–Crippen MR) is 83.1 cm³/mol. The van der Waals surface area contributed by atoms with Gasteiger partial charge in [-0.25, -0.2) is 17.5 Å². The molecular formula is C15H15ClFNO3S. The highest BCUT2D eigenvalue weighted by Gasteiger charge is 2.19. The van der Waals surface area contributed by atoms with Crippen molar-refractivity contribution >= 4 is 21.6 Å². The number of ether oxygens (including phenoxy) is 1. The first-order valence-electron chi connectivity index (χ1n) is 6.45. The van der Waals surface area contributed by atoms with E-state index in [4.69, 9.17) is 16.3 Å². The van der Waals surface area contributed by atoms with Gasteiger partial charge in [-0.15, -0.1) is 0 Å². The van der Waals surface area contributed by atoms with Gasteiger partial charge in [-0.3, -0.25) is 0 Å². The fourth-order valence-corrected chi connectivity index (χ4v) is 3.41. The van der Waals surface area contributed by atoms with Gasteiger partial charge < -0.3 is 4.74 Å². The van der Waals surface area contributed by atoms with E-state index in [1.165, 1.54) is 6.07 Å². The molecule has 0 aliphatic carbocycles. The first-order valence-corrected chi connectivity index (χ1v) is 8.31. The molecule has 1 N–H and O–H groups in total. The van der Waals surface area contributed by atoms with Crippen molar-refractivity contribution in [3.63, 3.8) is 0 Å². The Bertz CT molecular complexity index is 763. The standard InChI is InChI=1S/C15H15ClFNO3S/c1-10(11-3-5-12(21-2)6-4-11)18-22(19,20)13-7-8-15(17)14(16)9-13/h3-10,18H,1-2H3/t10-/m0/s1. The molecule has 0 radical (unpaired) electrons. The third-order valence-electron chi connectivity index (χ3n) is 3.15. The van der Waals surface area contributed by atoms with Gasteiger partial charge in [0.05, 0.1) is 17.0 Å². The van der Waals surface area contributed by atoms with E-state index in [0.29, 0.717) is 5.75 Å². The molecule has 0 spiro atoms. The van der Waals surface area contributed by atoms with Crippen LogP contribution in [0.15, 0.2) is 47.4 Å². The van der Waals surface area contributed by atoms with Crippen molar-refractivity contribution in [1.82, 2.24) is 4.72 Å². The van der Waals surface area contributed by atoms with Gasteiger partial charge in [-0.2, -0.15) is 0 Å². The molecule has 0 aliphatic rings. The molecule has 22 heavy (non-hydrogen) atoms. The minimum atomic E-state index is -3.79. The van der Waals surface area contributed by atoms with E-state index in [1.807, 2.05) is 0 Å². The molecule has 0 aromatic heterocycles. The predicted octanol–water partition coefficient (Wildman–Crippen LogP) is 3.53. The molecule has 0 saturated carbocycles. The molecule has 0 amide bonds. The highest BCUT2D eigenvalue weighted by atomic mass is 35.5. The van der Waals surface area contributed by atoms with Gasteiger partial charge in [0.15, 0.2) is 0 Å². The number of hydrogen-bond acceptors (Lipinski definition) is 3. The highest BCUT2D eigenvalue weighted by Crippen LogP contribution is 2.22. The minimum Gasteiger partial charge on any atom is -0.497 e. The quantitative estimate of drug-likeness (QED) is 0.903. The van der Waals surface area contributed by atoms with E-state index in [9.17, 15) is 12.8 Å². The molecule has 4 nitrogen and oxygen atoms in total. The average molecular weight is 344 g/mol. The van der Waals surface area contributed by atoms with Crippen molar-refractivity contribution in [3.8, 4) is 5.75 Å². The van der Waals surface area contributed by atoms with Crippen LogP contribution in [-0.2, 0) is 10.0 Å². The van der Waals surface area contributed by atoms with Crippen LogP contribution in [0.3, 0.4) is 0 Å². The second-order valence-electron chi connectivity index (χ2n) is 4.69. The molecule has 2 rings (SSSR count). The highest BCUT2D eigenvalue weighted by molar-refractivity contribution is 7.89. The Kier molecular flexibility index (Phi) is 5.05. The van der Waals surface area contributed by atoms with Gasteiger partial charge in [-0.1, -0.05) is 23.7 Å². The van der Waals surface area contributed by atoms with Crippen molar-refractivity contribution in [2.75, 3.05) is 7.11 Å². The van der Waals surface area contributed by atoms with Gasteiger partial charge in [-0.05, 0) is 42.8 Å². The van der Waals surface area contributed by atoms with Crippen LogP contribution in [0.4, 0.5) is 4.39 Å². The molecule has 118 valence electrons. The van der Waals surface area contributed by atoms with Crippen molar-refractivity contribution in [1.29, 1.82) is 0 Å². The number of hydrogen-bond donors (Lipinski definition) is 1. The van der Waals surface area contributed by atoms with Gasteiger partial charge in [0.1, 0.15) is 11.6 Å². The lowest BCUT2D eigenvalue weighted by Crippen LogP contribution is -2.26. The van der Waals surface area contributed by atoms with Gasteiger partial charge in [0.25, 0.3) is 0 Å². The largest absolute Gasteiger partial charge is 0.497 e. The molecule has 2 aromatic rings. The average Bonchev–Trinajstić information content (AvgIpc) is 2.49. The van der Waals surface area contributed by atoms with E-state index in [-0.39, 0.29) is 9.92 Å². The van der Waals surface area contributed by atoms with Crippen LogP contribution in [0.25, 0.3) is 0 Å². The summed E-state index contributed by atoms with van der Waals surface area (Å²) in [5.74, 6) is 0.0212. The third kappa shape index (κ3) is 3.76. The minimum absolute atomic E-state index is 0.0840. The Morgan fingerprint density at radius 1 is 1.18 bits per heavy atom. The van der Waals surface area contributed by atoms with E-state index in [1.54, 1.807) is 38.3 Å². The van der Waals surface area contributed by atoms with Crippen molar-refractivity contribution in [2.45, 2.75) is 17.9 Å². The second kappa shape index (κ2) is 6.64. The number of benzene rings is 2. The van der Waals surface area contributed by atoms with Gasteiger partial charge >= 0.3 is 0 Å². The molecule has 0 bridgehead atoms. The lowest BCUT2D eigenvalue weighted by atomic mass is 10.1. The fraction of sp³-hybridized carbons (Fsp3) is 0.200. The van der Waals surface area contributed by atoms with Crippen molar-refractivity contribution < 1.29 is 17.5 Å². The Morgan fingerprint density at radius 2 is 1.82 bits per heavy atom. The Morgan fingerprint density at radius 3 is 2.36 bits per heavy atom. The molecule has 1 atom stereocenters. The monoisotopic (exact) mass is 343 g/mol. The van der Waals surface area contributed by atoms with Crippen LogP contribution < -0.4 is 9.46 Å². The zero-order chi connectivity index (χ0) is 16.3. The maximum absolute atomic E-state index is 13.1. The number of nitrogens with one attached hydrogen (secondary N) is 1. The SMILES string of the molecule is COc1ccc([C@H](C)NS(=O)(=O)c2ccc(F)c(Cl)c2)cc1. The zero-order valence-corrected chi connectivity index (χ0v) is 13.6. The Labute approximate surface area is 133 Å². The maximum Gasteiger partial charge on any atom is 0.241 e.